The van der Waals surface area contributed by atoms with Crippen molar-refractivity contribution in [3.05, 3.63) is 65.2 Å². The van der Waals surface area contributed by atoms with Crippen LogP contribution in [0, 0.1) is 5.92 Å². The highest BCUT2D eigenvalue weighted by molar-refractivity contribution is 7.88. The number of esters is 1. The highest BCUT2D eigenvalue weighted by Crippen LogP contribution is 2.26. The van der Waals surface area contributed by atoms with Crippen LogP contribution in [0.5, 0.6) is 0 Å². The molecule has 0 saturated heterocycles. The highest BCUT2D eigenvalue weighted by Gasteiger charge is 2.38. The van der Waals surface area contributed by atoms with Crippen LogP contribution in [0.2, 0.25) is 0 Å². The number of Topliss-reactive ketones (excluding diaryl/α,β-unsaturated/α-hetero) is 1. The molecule has 3 rings (SSSR count). The van der Waals surface area contributed by atoms with Crippen LogP contribution in [0.4, 0.5) is 5.69 Å². The summed E-state index contributed by atoms with van der Waals surface area (Å²) in [4.78, 5) is 37.1. The Labute approximate surface area is 194 Å². The zero-order valence-electron chi connectivity index (χ0n) is 18.9. The van der Waals surface area contributed by atoms with E-state index in [4.69, 9.17) is 4.74 Å². The topological polar surface area (TPSA) is 110 Å². The molecule has 1 amide bonds. The Morgan fingerprint density at radius 3 is 2.30 bits per heavy atom. The molecule has 33 heavy (non-hydrogen) atoms. The van der Waals surface area contributed by atoms with E-state index in [1.54, 1.807) is 24.3 Å². The van der Waals surface area contributed by atoms with Gasteiger partial charge in [0.15, 0.2) is 12.4 Å². The largest absolute Gasteiger partial charge is 0.456 e. The second kappa shape index (κ2) is 10.3. The average Bonchev–Trinajstić information content (AvgIpc) is 2.75. The van der Waals surface area contributed by atoms with Crippen molar-refractivity contribution in [2.75, 3.05) is 18.2 Å². The standard InChI is InChI=1S/C24H28N2O6S/c1-16(2)12-23(28)25-20-10-8-17(9-11-20)22(27)15-32-24(29)21-13-18-6-4-5-7-19(18)14-26(21)33(3,30)31/h4-11,16,21H,12-15H2,1-3H3,(H,25,28). The zero-order chi connectivity index (χ0) is 24.2. The Bertz CT molecular complexity index is 1140. The van der Waals surface area contributed by atoms with Gasteiger partial charge < -0.3 is 10.1 Å². The third kappa shape index (κ3) is 6.49. The fourth-order valence-electron chi connectivity index (χ4n) is 3.69. The molecular weight excluding hydrogens is 444 g/mol. The maximum atomic E-state index is 12.7. The van der Waals surface area contributed by atoms with Crippen molar-refractivity contribution >= 4 is 33.4 Å². The van der Waals surface area contributed by atoms with E-state index in [2.05, 4.69) is 5.32 Å². The zero-order valence-corrected chi connectivity index (χ0v) is 19.7. The van der Waals surface area contributed by atoms with E-state index >= 15 is 0 Å². The van der Waals surface area contributed by atoms with Crippen LogP contribution in [0.1, 0.15) is 41.8 Å². The molecule has 1 aliphatic heterocycles. The summed E-state index contributed by atoms with van der Waals surface area (Å²) >= 11 is 0. The van der Waals surface area contributed by atoms with Gasteiger partial charge in [-0.3, -0.25) is 14.4 Å². The normalized spacial score (nSPS) is 16.2. The van der Waals surface area contributed by atoms with E-state index in [1.165, 1.54) is 0 Å². The third-order valence-electron chi connectivity index (χ3n) is 5.33. The number of fused-ring (bicyclic) bond motifs is 1. The third-order valence-corrected chi connectivity index (χ3v) is 6.57. The number of amides is 1. The van der Waals surface area contributed by atoms with Crippen molar-refractivity contribution in [2.45, 2.75) is 39.3 Å². The number of ether oxygens (including phenoxy) is 1. The molecule has 0 bridgehead atoms. The predicted octanol–water partition coefficient (Wildman–Crippen LogP) is 2.78. The Hall–Kier alpha value is -3.04. The van der Waals surface area contributed by atoms with Crippen LogP contribution < -0.4 is 5.32 Å². The minimum Gasteiger partial charge on any atom is -0.456 e. The summed E-state index contributed by atoms with van der Waals surface area (Å²) in [5.74, 6) is -1.06. The van der Waals surface area contributed by atoms with Gasteiger partial charge in [0, 0.05) is 30.6 Å². The molecule has 2 aromatic rings. The van der Waals surface area contributed by atoms with Gasteiger partial charge in [0.25, 0.3) is 0 Å². The predicted molar refractivity (Wildman–Crippen MR) is 124 cm³/mol. The minimum absolute atomic E-state index is 0.0761. The number of hydrogen-bond donors (Lipinski definition) is 1. The molecule has 0 aromatic heterocycles. The number of anilines is 1. The molecule has 1 N–H and O–H groups in total. The van der Waals surface area contributed by atoms with Crippen molar-refractivity contribution in [3.63, 3.8) is 0 Å². The number of hydrogen-bond acceptors (Lipinski definition) is 6. The molecule has 9 heteroatoms. The van der Waals surface area contributed by atoms with Crippen LogP contribution in [0.25, 0.3) is 0 Å². The number of carbonyl (C=O) groups excluding carboxylic acids is 3. The van der Waals surface area contributed by atoms with Crippen LogP contribution in [0.15, 0.2) is 48.5 Å². The van der Waals surface area contributed by atoms with Gasteiger partial charge in [-0.15, -0.1) is 0 Å². The van der Waals surface area contributed by atoms with Crippen molar-refractivity contribution in [2.24, 2.45) is 5.92 Å². The Balaban J connectivity index is 1.62. The van der Waals surface area contributed by atoms with Crippen LogP contribution >= 0.6 is 0 Å². The number of benzene rings is 2. The number of sulfonamides is 1. The van der Waals surface area contributed by atoms with Crippen LogP contribution in [-0.4, -0.2) is 49.3 Å². The summed E-state index contributed by atoms with van der Waals surface area (Å²) in [6.45, 7) is 3.47. The van der Waals surface area contributed by atoms with Gasteiger partial charge in [-0.2, -0.15) is 4.31 Å². The molecule has 1 heterocycles. The lowest BCUT2D eigenvalue weighted by molar-refractivity contribution is -0.147. The molecule has 8 nitrogen and oxygen atoms in total. The summed E-state index contributed by atoms with van der Waals surface area (Å²) in [5, 5.41) is 2.76. The number of rotatable bonds is 8. The van der Waals surface area contributed by atoms with Crippen molar-refractivity contribution in [1.82, 2.24) is 4.31 Å². The smallest absolute Gasteiger partial charge is 0.325 e. The number of nitrogens with zero attached hydrogens (tertiary/aromatic N) is 1. The molecule has 1 unspecified atom stereocenters. The SMILES string of the molecule is CC(C)CC(=O)Nc1ccc(C(=O)COC(=O)C2Cc3ccccc3CN2S(C)(=O)=O)cc1. The Kier molecular flexibility index (Phi) is 7.65. The Morgan fingerprint density at radius 2 is 1.70 bits per heavy atom. The van der Waals surface area contributed by atoms with Crippen LogP contribution in [-0.2, 0) is 37.3 Å². The van der Waals surface area contributed by atoms with E-state index in [1.807, 2.05) is 38.1 Å². The molecule has 0 saturated carbocycles. The molecule has 0 fully saturated rings. The monoisotopic (exact) mass is 472 g/mol. The molecular formula is C24H28N2O6S. The molecule has 176 valence electrons. The lowest BCUT2D eigenvalue weighted by atomic mass is 9.96. The second-order valence-corrected chi connectivity index (χ2v) is 10.5. The molecule has 0 aliphatic carbocycles. The van der Waals surface area contributed by atoms with Crippen molar-refractivity contribution in [3.8, 4) is 0 Å². The molecule has 0 radical (unpaired) electrons. The van der Waals surface area contributed by atoms with Gasteiger partial charge >= 0.3 is 5.97 Å². The fourth-order valence-corrected chi connectivity index (χ4v) is 4.68. The van der Waals surface area contributed by atoms with E-state index in [9.17, 15) is 22.8 Å². The first-order valence-electron chi connectivity index (χ1n) is 10.7. The summed E-state index contributed by atoms with van der Waals surface area (Å²) in [6, 6.07) is 12.6. The first-order chi connectivity index (χ1) is 15.5. The van der Waals surface area contributed by atoms with Crippen LogP contribution in [0.3, 0.4) is 0 Å². The quantitative estimate of drug-likeness (QED) is 0.467. The number of carbonyl (C=O) groups is 3. The summed E-state index contributed by atoms with van der Waals surface area (Å²) in [7, 11) is -3.66. The fraction of sp³-hybridized carbons (Fsp3) is 0.375. The van der Waals surface area contributed by atoms with Crippen molar-refractivity contribution in [1.29, 1.82) is 0 Å². The van der Waals surface area contributed by atoms with Gasteiger partial charge in [-0.1, -0.05) is 38.1 Å². The van der Waals surface area contributed by atoms with Crippen molar-refractivity contribution < 1.29 is 27.5 Å². The van der Waals surface area contributed by atoms with Gasteiger partial charge in [-0.25, -0.2) is 8.42 Å². The van der Waals surface area contributed by atoms with Gasteiger partial charge in [0.2, 0.25) is 15.9 Å². The summed E-state index contributed by atoms with van der Waals surface area (Å²) < 4.78 is 30.8. The van der Waals surface area contributed by atoms with Gasteiger partial charge in [-0.05, 0) is 41.3 Å². The number of nitrogens with one attached hydrogen (secondary N) is 1. The lowest BCUT2D eigenvalue weighted by Crippen LogP contribution is -2.49. The van der Waals surface area contributed by atoms with Gasteiger partial charge in [0.1, 0.15) is 6.04 Å². The molecule has 0 spiro atoms. The first kappa shape index (κ1) is 24.6. The lowest BCUT2D eigenvalue weighted by Gasteiger charge is -2.33. The van der Waals surface area contributed by atoms with E-state index < -0.39 is 34.4 Å². The summed E-state index contributed by atoms with van der Waals surface area (Å²) in [5.41, 5.74) is 2.60. The van der Waals surface area contributed by atoms with E-state index in [0.29, 0.717) is 17.7 Å². The van der Waals surface area contributed by atoms with E-state index in [0.717, 1.165) is 21.7 Å². The second-order valence-electron chi connectivity index (χ2n) is 8.55. The number of ketones is 1. The molecule has 1 aliphatic rings. The molecule has 1 atom stereocenters. The average molecular weight is 473 g/mol. The van der Waals surface area contributed by atoms with Gasteiger partial charge in [0.05, 0.1) is 6.26 Å². The summed E-state index contributed by atoms with van der Waals surface area (Å²) in [6.07, 6.45) is 1.63. The molecule has 2 aromatic carbocycles. The maximum Gasteiger partial charge on any atom is 0.325 e. The Morgan fingerprint density at radius 1 is 1.06 bits per heavy atom. The highest BCUT2D eigenvalue weighted by atomic mass is 32.2. The maximum absolute atomic E-state index is 12.7. The van der Waals surface area contributed by atoms with E-state index in [-0.39, 0.29) is 24.8 Å². The first-order valence-corrected chi connectivity index (χ1v) is 12.5. The minimum atomic E-state index is -3.66.